The van der Waals surface area contributed by atoms with Crippen molar-refractivity contribution in [3.05, 3.63) is 46.4 Å². The number of aromatic nitrogens is 2. The highest BCUT2D eigenvalue weighted by atomic mass is 35.5. The quantitative estimate of drug-likeness (QED) is 0.740. The number of benzene rings is 1. The zero-order valence-corrected chi connectivity index (χ0v) is 11.9. The Morgan fingerprint density at radius 3 is 2.95 bits per heavy atom. The number of rotatable bonds is 1. The Kier molecular flexibility index (Phi) is 3.15. The fourth-order valence-corrected chi connectivity index (χ4v) is 2.76. The molecule has 2 aromatic rings. The lowest BCUT2D eigenvalue weighted by atomic mass is 9.99. The number of nitrogens with zero attached hydrogens (tertiary/aromatic N) is 3. The third kappa shape index (κ3) is 2.30. The molecule has 0 bridgehead atoms. The lowest BCUT2D eigenvalue weighted by Crippen LogP contribution is -2.26. The molecule has 0 fully saturated rings. The number of anilines is 2. The third-order valence-electron chi connectivity index (χ3n) is 3.52. The van der Waals surface area contributed by atoms with Crippen LogP contribution in [0.5, 0.6) is 0 Å². The highest BCUT2D eigenvalue weighted by molar-refractivity contribution is 6.28. The van der Waals surface area contributed by atoms with Crippen molar-refractivity contribution >= 4 is 23.1 Å². The Morgan fingerprint density at radius 1 is 1.26 bits per heavy atom. The van der Waals surface area contributed by atoms with Crippen LogP contribution < -0.4 is 4.90 Å². The molecule has 1 aliphatic rings. The zero-order valence-electron chi connectivity index (χ0n) is 11.2. The summed E-state index contributed by atoms with van der Waals surface area (Å²) < 4.78 is 0. The van der Waals surface area contributed by atoms with Crippen LogP contribution in [0.25, 0.3) is 0 Å². The molecule has 0 N–H and O–H groups in total. The van der Waals surface area contributed by atoms with Crippen LogP contribution in [0, 0.1) is 13.8 Å². The largest absolute Gasteiger partial charge is 0.326 e. The van der Waals surface area contributed by atoms with E-state index >= 15 is 0 Å². The van der Waals surface area contributed by atoms with Crippen LogP contribution in [0.2, 0.25) is 5.28 Å². The van der Waals surface area contributed by atoms with Gasteiger partial charge in [-0.2, -0.15) is 4.98 Å². The van der Waals surface area contributed by atoms with E-state index < -0.39 is 0 Å². The second kappa shape index (κ2) is 4.82. The van der Waals surface area contributed by atoms with Crippen LogP contribution in [0.15, 0.2) is 24.4 Å². The van der Waals surface area contributed by atoms with Crippen molar-refractivity contribution < 1.29 is 0 Å². The average molecular weight is 274 g/mol. The minimum atomic E-state index is 0.305. The monoisotopic (exact) mass is 273 g/mol. The molecule has 0 saturated carbocycles. The number of fused-ring (bicyclic) bond motifs is 1. The van der Waals surface area contributed by atoms with Crippen LogP contribution in [0.1, 0.15) is 23.1 Å². The lowest BCUT2D eigenvalue weighted by molar-refractivity contribution is 0.755. The Hall–Kier alpha value is -1.61. The Bertz CT molecular complexity index is 625. The molecule has 0 saturated heterocycles. The van der Waals surface area contributed by atoms with Gasteiger partial charge >= 0.3 is 0 Å². The van der Waals surface area contributed by atoms with Gasteiger partial charge in [0, 0.05) is 24.0 Å². The van der Waals surface area contributed by atoms with E-state index in [9.17, 15) is 0 Å². The zero-order chi connectivity index (χ0) is 13.4. The maximum atomic E-state index is 5.94. The predicted octanol–water partition coefficient (Wildman–Crippen LogP) is 3.83. The van der Waals surface area contributed by atoms with Crippen LogP contribution in [-0.2, 0) is 6.42 Å². The summed E-state index contributed by atoms with van der Waals surface area (Å²) in [6.07, 6.45) is 4.05. The van der Waals surface area contributed by atoms with Crippen LogP contribution in [-0.4, -0.2) is 16.5 Å². The van der Waals surface area contributed by atoms with Crippen LogP contribution in [0.4, 0.5) is 11.5 Å². The predicted molar refractivity (Wildman–Crippen MR) is 78.3 cm³/mol. The van der Waals surface area contributed by atoms with E-state index in [1.807, 2.05) is 6.92 Å². The summed E-state index contributed by atoms with van der Waals surface area (Å²) in [5.41, 5.74) is 4.99. The van der Waals surface area contributed by atoms with E-state index in [4.69, 9.17) is 11.6 Å². The number of aryl methyl sites for hydroxylation is 3. The van der Waals surface area contributed by atoms with Crippen molar-refractivity contribution in [1.29, 1.82) is 0 Å². The fourth-order valence-electron chi connectivity index (χ4n) is 2.63. The molecule has 0 aliphatic carbocycles. The average Bonchev–Trinajstić information content (AvgIpc) is 2.40. The van der Waals surface area contributed by atoms with Crippen molar-refractivity contribution in [2.24, 2.45) is 0 Å². The van der Waals surface area contributed by atoms with Gasteiger partial charge < -0.3 is 4.90 Å². The van der Waals surface area contributed by atoms with Crippen molar-refractivity contribution in [2.75, 3.05) is 11.4 Å². The summed E-state index contributed by atoms with van der Waals surface area (Å²) in [7, 11) is 0. The number of halogens is 1. The highest BCUT2D eigenvalue weighted by Crippen LogP contribution is 2.34. The van der Waals surface area contributed by atoms with E-state index in [0.29, 0.717) is 5.28 Å². The first-order valence-electron chi connectivity index (χ1n) is 6.51. The van der Waals surface area contributed by atoms with E-state index in [0.717, 1.165) is 30.8 Å². The molecule has 2 heterocycles. The topological polar surface area (TPSA) is 29.0 Å². The van der Waals surface area contributed by atoms with Crippen LogP contribution in [0.3, 0.4) is 0 Å². The molecule has 0 radical (unpaired) electrons. The smallest absolute Gasteiger partial charge is 0.224 e. The molecule has 0 unspecified atom stereocenters. The summed E-state index contributed by atoms with van der Waals surface area (Å²) >= 11 is 5.94. The van der Waals surface area contributed by atoms with Gasteiger partial charge in [0.1, 0.15) is 5.82 Å². The summed E-state index contributed by atoms with van der Waals surface area (Å²) in [6, 6.07) is 6.59. The van der Waals surface area contributed by atoms with E-state index in [1.165, 1.54) is 16.8 Å². The van der Waals surface area contributed by atoms with Gasteiger partial charge in [-0.05, 0) is 49.9 Å². The van der Waals surface area contributed by atoms with E-state index in [2.05, 4.69) is 40.0 Å². The number of hydrogen-bond donors (Lipinski definition) is 0. The maximum absolute atomic E-state index is 5.94. The van der Waals surface area contributed by atoms with Crippen molar-refractivity contribution in [3.8, 4) is 0 Å². The van der Waals surface area contributed by atoms with Gasteiger partial charge in [-0.15, -0.1) is 0 Å². The molecule has 19 heavy (non-hydrogen) atoms. The Labute approximate surface area is 118 Å². The second-order valence-electron chi connectivity index (χ2n) is 5.03. The van der Waals surface area contributed by atoms with Gasteiger partial charge in [-0.1, -0.05) is 17.7 Å². The molecule has 0 spiro atoms. The van der Waals surface area contributed by atoms with Gasteiger partial charge in [0.05, 0.1) is 0 Å². The standard InChI is InChI=1S/C15H16ClN3/c1-10-5-6-13-12(8-10)4-3-7-19(13)14-11(2)9-17-15(16)18-14/h5-6,8-9H,3-4,7H2,1-2H3. The van der Waals surface area contributed by atoms with Gasteiger partial charge in [0.2, 0.25) is 5.28 Å². The molecule has 3 nitrogen and oxygen atoms in total. The van der Waals surface area contributed by atoms with Gasteiger partial charge in [0.15, 0.2) is 0 Å². The maximum Gasteiger partial charge on any atom is 0.224 e. The minimum Gasteiger partial charge on any atom is -0.326 e. The normalized spacial score (nSPS) is 14.4. The first-order valence-corrected chi connectivity index (χ1v) is 6.89. The van der Waals surface area contributed by atoms with Gasteiger partial charge in [-0.3, -0.25) is 0 Å². The fraction of sp³-hybridized carbons (Fsp3) is 0.333. The van der Waals surface area contributed by atoms with Crippen LogP contribution >= 0.6 is 11.6 Å². The minimum absolute atomic E-state index is 0.305. The SMILES string of the molecule is Cc1ccc2c(c1)CCCN2c1nc(Cl)ncc1C. The number of hydrogen-bond acceptors (Lipinski definition) is 3. The Balaban J connectivity index is 2.11. The third-order valence-corrected chi connectivity index (χ3v) is 3.71. The van der Waals surface area contributed by atoms with Crippen molar-refractivity contribution in [3.63, 3.8) is 0 Å². The van der Waals surface area contributed by atoms with E-state index in [1.54, 1.807) is 6.20 Å². The molecular weight excluding hydrogens is 258 g/mol. The molecule has 4 heteroatoms. The summed E-state index contributed by atoms with van der Waals surface area (Å²) in [4.78, 5) is 10.7. The first kappa shape index (κ1) is 12.4. The lowest BCUT2D eigenvalue weighted by Gasteiger charge is -2.31. The summed E-state index contributed by atoms with van der Waals surface area (Å²) in [6.45, 7) is 5.13. The highest BCUT2D eigenvalue weighted by Gasteiger charge is 2.21. The molecule has 3 rings (SSSR count). The molecule has 1 aromatic carbocycles. The first-order chi connectivity index (χ1) is 9.15. The molecule has 0 atom stereocenters. The molecular formula is C15H16ClN3. The second-order valence-corrected chi connectivity index (χ2v) is 5.37. The van der Waals surface area contributed by atoms with Gasteiger partial charge in [-0.25, -0.2) is 4.98 Å². The molecule has 1 aromatic heterocycles. The molecule has 0 amide bonds. The van der Waals surface area contributed by atoms with E-state index in [-0.39, 0.29) is 0 Å². The molecule has 1 aliphatic heterocycles. The van der Waals surface area contributed by atoms with Crippen molar-refractivity contribution in [1.82, 2.24) is 9.97 Å². The summed E-state index contributed by atoms with van der Waals surface area (Å²) in [5.74, 6) is 0.921. The summed E-state index contributed by atoms with van der Waals surface area (Å²) in [5, 5.41) is 0.305. The van der Waals surface area contributed by atoms with Gasteiger partial charge in [0.25, 0.3) is 0 Å². The molecule has 98 valence electrons. The van der Waals surface area contributed by atoms with Crippen molar-refractivity contribution in [2.45, 2.75) is 26.7 Å². The Morgan fingerprint density at radius 2 is 2.11 bits per heavy atom.